The molecule has 0 aliphatic heterocycles. The summed E-state index contributed by atoms with van der Waals surface area (Å²) in [7, 11) is 0. The van der Waals surface area contributed by atoms with Crippen molar-refractivity contribution < 1.29 is 5.11 Å². The van der Waals surface area contributed by atoms with Crippen LogP contribution in [0.25, 0.3) is 0 Å². The third kappa shape index (κ3) is 4.72. The van der Waals surface area contributed by atoms with E-state index in [0.29, 0.717) is 0 Å². The zero-order valence-corrected chi connectivity index (χ0v) is 12.2. The van der Waals surface area contributed by atoms with Crippen molar-refractivity contribution >= 4 is 11.8 Å². The van der Waals surface area contributed by atoms with Crippen molar-refractivity contribution in [3.05, 3.63) is 34.9 Å². The van der Waals surface area contributed by atoms with Gasteiger partial charge >= 0.3 is 0 Å². The lowest BCUT2D eigenvalue weighted by Gasteiger charge is -2.24. The maximum atomic E-state index is 10.2. The van der Waals surface area contributed by atoms with Crippen LogP contribution in [0.1, 0.15) is 43.4 Å². The summed E-state index contributed by atoms with van der Waals surface area (Å²) >= 11 is 1.83. The summed E-state index contributed by atoms with van der Waals surface area (Å²) in [4.78, 5) is 0. The van der Waals surface area contributed by atoms with E-state index in [-0.39, 0.29) is 0 Å². The van der Waals surface area contributed by atoms with Crippen molar-refractivity contribution in [1.82, 2.24) is 0 Å². The van der Waals surface area contributed by atoms with Gasteiger partial charge in [0.25, 0.3) is 0 Å². The van der Waals surface area contributed by atoms with E-state index in [1.165, 1.54) is 16.7 Å². The maximum Gasteiger partial charge on any atom is 0.0732 e. The lowest BCUT2D eigenvalue weighted by Crippen LogP contribution is -2.29. The number of aliphatic hydroxyl groups is 1. The summed E-state index contributed by atoms with van der Waals surface area (Å²) in [6, 6.07) is 6.66. The molecule has 17 heavy (non-hydrogen) atoms. The Morgan fingerprint density at radius 2 is 1.59 bits per heavy atom. The Morgan fingerprint density at radius 3 is 2.06 bits per heavy atom. The minimum Gasteiger partial charge on any atom is -0.389 e. The molecule has 0 heterocycles. The predicted octanol–water partition coefficient (Wildman–Crippen LogP) is 4.09. The van der Waals surface area contributed by atoms with Crippen LogP contribution in [-0.4, -0.2) is 16.5 Å². The molecule has 1 rings (SSSR count). The molecule has 0 amide bonds. The van der Waals surface area contributed by atoms with Gasteiger partial charge in [0, 0.05) is 11.5 Å². The summed E-state index contributed by atoms with van der Waals surface area (Å²) in [6.45, 7) is 8.38. The fourth-order valence-electron chi connectivity index (χ4n) is 1.97. The van der Waals surface area contributed by atoms with Gasteiger partial charge in [0.15, 0.2) is 0 Å². The van der Waals surface area contributed by atoms with Gasteiger partial charge in [0.05, 0.1) is 5.60 Å². The molecule has 0 spiro atoms. The van der Waals surface area contributed by atoms with Crippen molar-refractivity contribution in [2.24, 2.45) is 0 Å². The monoisotopic (exact) mass is 252 g/mol. The predicted molar refractivity (Wildman–Crippen MR) is 77.6 cm³/mol. The van der Waals surface area contributed by atoms with Crippen LogP contribution in [0.4, 0.5) is 0 Å². The third-order valence-electron chi connectivity index (χ3n) is 3.24. The van der Waals surface area contributed by atoms with E-state index in [9.17, 15) is 5.11 Å². The molecule has 0 saturated heterocycles. The van der Waals surface area contributed by atoms with Crippen LogP contribution in [0.15, 0.2) is 18.2 Å². The molecule has 1 N–H and O–H groups in total. The van der Waals surface area contributed by atoms with Gasteiger partial charge in [0.1, 0.15) is 0 Å². The Morgan fingerprint density at radius 1 is 1.06 bits per heavy atom. The number of benzene rings is 1. The SMILES string of the molecule is CCC(O)(CC)CSCc1cc(C)cc(C)c1. The zero-order valence-electron chi connectivity index (χ0n) is 11.4. The molecule has 0 unspecified atom stereocenters. The summed E-state index contributed by atoms with van der Waals surface area (Å²) in [5.74, 6) is 1.82. The van der Waals surface area contributed by atoms with Crippen LogP contribution in [0.5, 0.6) is 0 Å². The minimum absolute atomic E-state index is 0.483. The third-order valence-corrected chi connectivity index (χ3v) is 4.52. The summed E-state index contributed by atoms with van der Waals surface area (Å²) < 4.78 is 0. The highest BCUT2D eigenvalue weighted by molar-refractivity contribution is 7.98. The first kappa shape index (κ1) is 14.6. The van der Waals surface area contributed by atoms with Crippen LogP contribution in [-0.2, 0) is 5.75 Å². The first-order valence-electron chi connectivity index (χ1n) is 6.36. The highest BCUT2D eigenvalue weighted by Crippen LogP contribution is 2.24. The summed E-state index contributed by atoms with van der Waals surface area (Å²) in [5, 5.41) is 10.2. The van der Waals surface area contributed by atoms with Gasteiger partial charge in [-0.2, -0.15) is 11.8 Å². The average Bonchev–Trinajstić information content (AvgIpc) is 2.27. The number of aryl methyl sites for hydroxylation is 2. The second-order valence-electron chi connectivity index (χ2n) is 4.92. The van der Waals surface area contributed by atoms with E-state index in [0.717, 1.165) is 24.3 Å². The second kappa shape index (κ2) is 6.46. The van der Waals surface area contributed by atoms with E-state index in [4.69, 9.17) is 0 Å². The van der Waals surface area contributed by atoms with Crippen molar-refractivity contribution in [2.75, 3.05) is 5.75 Å². The topological polar surface area (TPSA) is 20.2 Å². The first-order valence-corrected chi connectivity index (χ1v) is 7.52. The Balaban J connectivity index is 2.51. The van der Waals surface area contributed by atoms with E-state index < -0.39 is 5.60 Å². The van der Waals surface area contributed by atoms with Gasteiger partial charge in [-0.15, -0.1) is 0 Å². The van der Waals surface area contributed by atoms with E-state index in [1.807, 2.05) is 11.8 Å². The fourth-order valence-corrected chi connectivity index (χ4v) is 3.26. The second-order valence-corrected chi connectivity index (χ2v) is 5.91. The van der Waals surface area contributed by atoms with Gasteiger partial charge in [-0.1, -0.05) is 43.2 Å². The number of rotatable bonds is 6. The van der Waals surface area contributed by atoms with Crippen LogP contribution >= 0.6 is 11.8 Å². The number of hydrogen-bond donors (Lipinski definition) is 1. The summed E-state index contributed by atoms with van der Waals surface area (Å²) in [5.41, 5.74) is 3.52. The molecule has 0 aliphatic carbocycles. The van der Waals surface area contributed by atoms with E-state index >= 15 is 0 Å². The molecule has 1 aromatic rings. The van der Waals surface area contributed by atoms with Gasteiger partial charge in [0.2, 0.25) is 0 Å². The molecule has 0 bridgehead atoms. The molecule has 0 saturated carbocycles. The van der Waals surface area contributed by atoms with Gasteiger partial charge in [-0.05, 0) is 32.3 Å². The smallest absolute Gasteiger partial charge is 0.0732 e. The van der Waals surface area contributed by atoms with Crippen molar-refractivity contribution in [3.63, 3.8) is 0 Å². The average molecular weight is 252 g/mol. The number of thioether (sulfide) groups is 1. The maximum absolute atomic E-state index is 10.2. The molecule has 0 aromatic heterocycles. The van der Waals surface area contributed by atoms with Gasteiger partial charge in [-0.3, -0.25) is 0 Å². The molecule has 1 aromatic carbocycles. The minimum atomic E-state index is -0.483. The van der Waals surface area contributed by atoms with Crippen LogP contribution in [0.3, 0.4) is 0 Å². The van der Waals surface area contributed by atoms with E-state index in [1.54, 1.807) is 0 Å². The van der Waals surface area contributed by atoms with Crippen molar-refractivity contribution in [2.45, 2.75) is 51.9 Å². The molecule has 0 aliphatic rings. The Hall–Kier alpha value is -0.470. The number of hydrogen-bond acceptors (Lipinski definition) is 2. The molecule has 96 valence electrons. The summed E-state index contributed by atoms with van der Waals surface area (Å²) in [6.07, 6.45) is 1.67. The molecule has 2 heteroatoms. The van der Waals surface area contributed by atoms with Crippen molar-refractivity contribution in [3.8, 4) is 0 Å². The van der Waals surface area contributed by atoms with Gasteiger partial charge < -0.3 is 5.11 Å². The fraction of sp³-hybridized carbons (Fsp3) is 0.600. The Kier molecular flexibility index (Phi) is 5.54. The zero-order chi connectivity index (χ0) is 12.9. The normalized spacial score (nSPS) is 11.8. The molecule has 0 atom stereocenters. The molecular weight excluding hydrogens is 228 g/mol. The molecule has 1 nitrogen and oxygen atoms in total. The quantitative estimate of drug-likeness (QED) is 0.823. The Labute approximate surface area is 110 Å². The van der Waals surface area contributed by atoms with Crippen LogP contribution in [0.2, 0.25) is 0 Å². The van der Waals surface area contributed by atoms with Crippen LogP contribution in [0, 0.1) is 13.8 Å². The highest BCUT2D eigenvalue weighted by Gasteiger charge is 2.21. The standard InChI is InChI=1S/C15H24OS/c1-5-15(16,6-2)11-17-10-14-8-12(3)7-13(4)9-14/h7-9,16H,5-6,10-11H2,1-4H3. The lowest BCUT2D eigenvalue weighted by atomic mass is 10.0. The van der Waals surface area contributed by atoms with Crippen LogP contribution < -0.4 is 0 Å². The first-order chi connectivity index (χ1) is 7.99. The highest BCUT2D eigenvalue weighted by atomic mass is 32.2. The molecule has 0 fully saturated rings. The largest absolute Gasteiger partial charge is 0.389 e. The lowest BCUT2D eigenvalue weighted by molar-refractivity contribution is 0.0572. The van der Waals surface area contributed by atoms with Gasteiger partial charge in [-0.25, -0.2) is 0 Å². The molecular formula is C15H24OS. The molecule has 0 radical (unpaired) electrons. The van der Waals surface area contributed by atoms with Crippen molar-refractivity contribution in [1.29, 1.82) is 0 Å². The van der Waals surface area contributed by atoms with E-state index in [2.05, 4.69) is 45.9 Å². The Bertz CT molecular complexity index is 336.